The Balaban J connectivity index is 1.65. The first-order valence-electron chi connectivity index (χ1n) is 10.5. The summed E-state index contributed by atoms with van der Waals surface area (Å²) in [5.41, 5.74) is 4.96. The van der Waals surface area contributed by atoms with Crippen molar-refractivity contribution in [1.82, 2.24) is 5.48 Å². The van der Waals surface area contributed by atoms with Crippen molar-refractivity contribution in [1.29, 1.82) is 0 Å². The quantitative estimate of drug-likeness (QED) is 0.262. The summed E-state index contributed by atoms with van der Waals surface area (Å²) in [6.45, 7) is 0.897. The van der Waals surface area contributed by atoms with E-state index in [0.717, 1.165) is 22.9 Å². The van der Waals surface area contributed by atoms with Crippen LogP contribution in [0.1, 0.15) is 48.1 Å². The van der Waals surface area contributed by atoms with E-state index in [9.17, 15) is 18.3 Å². The van der Waals surface area contributed by atoms with Crippen molar-refractivity contribution < 1.29 is 33.5 Å². The number of aliphatic hydroxyl groups is 2. The lowest BCUT2D eigenvalue weighted by Crippen LogP contribution is -2.51. The highest BCUT2D eigenvalue weighted by Gasteiger charge is 2.47. The fourth-order valence-corrected chi connectivity index (χ4v) is 4.33. The first kappa shape index (κ1) is 25.4. The van der Waals surface area contributed by atoms with Gasteiger partial charge >= 0.3 is 0 Å². The molecule has 0 saturated carbocycles. The number of carbonyl (C=O) groups excluding carboxylic acids is 1. The molecular formula is C24H26N2O7S. The summed E-state index contributed by atoms with van der Waals surface area (Å²) in [7, 11) is -3.83. The summed E-state index contributed by atoms with van der Waals surface area (Å²) in [5.74, 6) is 5.06. The smallest absolute Gasteiger partial charge is 0.264 e. The van der Waals surface area contributed by atoms with Gasteiger partial charge in [0, 0.05) is 30.2 Å². The number of hydrogen-bond donors (Lipinski definition) is 4. The van der Waals surface area contributed by atoms with Crippen molar-refractivity contribution >= 4 is 21.5 Å². The van der Waals surface area contributed by atoms with Crippen molar-refractivity contribution in [3.8, 4) is 11.8 Å². The lowest BCUT2D eigenvalue weighted by atomic mass is 9.96. The van der Waals surface area contributed by atoms with E-state index in [2.05, 4.69) is 17.0 Å². The van der Waals surface area contributed by atoms with Crippen LogP contribution >= 0.6 is 0 Å². The molecule has 3 atom stereocenters. The fraction of sp³-hybridized carbons (Fsp3) is 0.333. The summed E-state index contributed by atoms with van der Waals surface area (Å²) in [6.07, 6.45) is -0.475. The van der Waals surface area contributed by atoms with E-state index in [-0.39, 0.29) is 13.0 Å². The zero-order chi connectivity index (χ0) is 24.9. The van der Waals surface area contributed by atoms with Crippen molar-refractivity contribution in [2.75, 3.05) is 12.9 Å². The van der Waals surface area contributed by atoms with Crippen LogP contribution in [-0.2, 0) is 19.5 Å². The van der Waals surface area contributed by atoms with Gasteiger partial charge in [0.1, 0.15) is 12.2 Å². The average Bonchev–Trinajstić information content (AvgIpc) is 3.29. The zero-order valence-corrected chi connectivity index (χ0v) is 19.5. The van der Waals surface area contributed by atoms with Gasteiger partial charge in [0.2, 0.25) is 0 Å². The van der Waals surface area contributed by atoms with Crippen molar-refractivity contribution in [3.05, 3.63) is 70.8 Å². The summed E-state index contributed by atoms with van der Waals surface area (Å²) >= 11 is 0. The SMILES string of the molecule is CC(CC1CC(c2ccc(C#Cc3ccc([C@H](O)CO)cc3)cc2)=NO1)(C(=O)NO)S(C)(=O)=O. The summed E-state index contributed by atoms with van der Waals surface area (Å²) in [5, 5.41) is 31.6. The number of amides is 1. The molecule has 0 radical (unpaired) electrons. The van der Waals surface area contributed by atoms with E-state index in [4.69, 9.17) is 15.2 Å². The number of carbonyl (C=O) groups is 1. The number of oxime groups is 1. The van der Waals surface area contributed by atoms with Gasteiger partial charge < -0.3 is 15.1 Å². The van der Waals surface area contributed by atoms with Crippen molar-refractivity contribution in [3.63, 3.8) is 0 Å². The van der Waals surface area contributed by atoms with Crippen LogP contribution in [0.15, 0.2) is 53.7 Å². The van der Waals surface area contributed by atoms with E-state index >= 15 is 0 Å². The monoisotopic (exact) mass is 486 g/mol. The number of benzene rings is 2. The highest BCUT2D eigenvalue weighted by molar-refractivity contribution is 7.92. The predicted octanol–water partition coefficient (Wildman–Crippen LogP) is 1.30. The molecule has 2 aromatic carbocycles. The van der Waals surface area contributed by atoms with Gasteiger partial charge in [-0.2, -0.15) is 0 Å². The highest BCUT2D eigenvalue weighted by Crippen LogP contribution is 2.29. The minimum Gasteiger partial charge on any atom is -0.393 e. The van der Waals surface area contributed by atoms with Crippen molar-refractivity contribution in [2.45, 2.75) is 36.7 Å². The number of nitrogens with one attached hydrogen (secondary N) is 1. The number of hydroxylamine groups is 1. The van der Waals surface area contributed by atoms with E-state index in [1.807, 2.05) is 24.3 Å². The molecular weight excluding hydrogens is 460 g/mol. The Hall–Kier alpha value is -3.23. The van der Waals surface area contributed by atoms with Crippen LogP contribution in [-0.4, -0.2) is 59.2 Å². The molecule has 1 amide bonds. The van der Waals surface area contributed by atoms with Gasteiger partial charge in [-0.15, -0.1) is 0 Å². The first-order valence-corrected chi connectivity index (χ1v) is 12.3. The second-order valence-corrected chi connectivity index (χ2v) is 10.7. The van der Waals surface area contributed by atoms with Crippen LogP contribution in [0.3, 0.4) is 0 Å². The van der Waals surface area contributed by atoms with Gasteiger partial charge in [-0.05, 0) is 42.3 Å². The molecule has 0 aliphatic carbocycles. The third-order valence-corrected chi connectivity index (χ3v) is 7.78. The summed E-state index contributed by atoms with van der Waals surface area (Å²) < 4.78 is 22.5. The third kappa shape index (κ3) is 5.63. The topological polar surface area (TPSA) is 146 Å². The molecule has 0 aromatic heterocycles. The maximum absolute atomic E-state index is 12.2. The molecule has 1 aliphatic heterocycles. The number of sulfone groups is 1. The van der Waals surface area contributed by atoms with E-state index in [1.165, 1.54) is 12.4 Å². The lowest BCUT2D eigenvalue weighted by molar-refractivity contribution is -0.132. The maximum atomic E-state index is 12.2. The van der Waals surface area contributed by atoms with Gasteiger partial charge in [0.05, 0.1) is 12.3 Å². The number of hydrogen-bond acceptors (Lipinski definition) is 8. The van der Waals surface area contributed by atoms with Crippen LogP contribution in [0.25, 0.3) is 0 Å². The molecule has 1 heterocycles. The molecule has 1 aliphatic rings. The standard InChI is InChI=1S/C24H26N2O7S/c1-24(23(29)25-30,34(2,31)32)14-20-13-21(26-33-20)18-9-5-16(6-10-18)3-4-17-7-11-19(12-8-17)22(28)15-27/h5-12,20,22,27-28,30H,13-15H2,1-2H3,(H,25,29)/t20?,22-,24?/m1/s1. The zero-order valence-electron chi connectivity index (χ0n) is 18.7. The molecule has 3 rings (SSSR count). The molecule has 4 N–H and O–H groups in total. The molecule has 2 unspecified atom stereocenters. The van der Waals surface area contributed by atoms with E-state index in [0.29, 0.717) is 17.7 Å². The molecule has 34 heavy (non-hydrogen) atoms. The molecule has 0 fully saturated rings. The normalized spacial score (nSPS) is 18.0. The maximum Gasteiger partial charge on any atom is 0.264 e. The average molecular weight is 487 g/mol. The van der Waals surface area contributed by atoms with Crippen LogP contribution in [0.2, 0.25) is 0 Å². The van der Waals surface area contributed by atoms with Crippen LogP contribution in [0.5, 0.6) is 0 Å². The van der Waals surface area contributed by atoms with E-state index in [1.54, 1.807) is 24.3 Å². The minimum absolute atomic E-state index is 0.164. The molecule has 2 aromatic rings. The fourth-order valence-electron chi connectivity index (χ4n) is 3.46. The molecule has 10 heteroatoms. The van der Waals surface area contributed by atoms with Gasteiger partial charge in [0.15, 0.2) is 14.6 Å². The lowest BCUT2D eigenvalue weighted by Gasteiger charge is -2.26. The van der Waals surface area contributed by atoms with Crippen LogP contribution < -0.4 is 5.48 Å². The summed E-state index contributed by atoms with van der Waals surface area (Å²) in [6, 6.07) is 14.2. The second kappa shape index (κ2) is 10.4. The summed E-state index contributed by atoms with van der Waals surface area (Å²) in [4.78, 5) is 17.4. The molecule has 180 valence electrons. The van der Waals surface area contributed by atoms with E-state index < -0.39 is 32.7 Å². The Bertz CT molecular complexity index is 1230. The largest absolute Gasteiger partial charge is 0.393 e. The highest BCUT2D eigenvalue weighted by atomic mass is 32.2. The van der Waals surface area contributed by atoms with Crippen LogP contribution in [0, 0.1) is 11.8 Å². The van der Waals surface area contributed by atoms with Crippen molar-refractivity contribution in [2.24, 2.45) is 5.16 Å². The minimum atomic E-state index is -3.83. The Morgan fingerprint density at radius 2 is 1.74 bits per heavy atom. The Morgan fingerprint density at radius 1 is 1.18 bits per heavy atom. The second-order valence-electron chi connectivity index (χ2n) is 8.27. The number of rotatable bonds is 7. The number of aliphatic hydroxyl groups excluding tert-OH is 2. The Morgan fingerprint density at radius 3 is 2.24 bits per heavy atom. The van der Waals surface area contributed by atoms with Gasteiger partial charge in [-0.1, -0.05) is 41.3 Å². The van der Waals surface area contributed by atoms with Gasteiger partial charge in [-0.25, -0.2) is 13.9 Å². The molecule has 0 saturated heterocycles. The number of nitrogens with zero attached hydrogens (tertiary/aromatic N) is 1. The van der Waals surface area contributed by atoms with Crippen LogP contribution in [0.4, 0.5) is 0 Å². The Labute approximate surface area is 197 Å². The van der Waals surface area contributed by atoms with Gasteiger partial charge in [0.25, 0.3) is 5.91 Å². The molecule has 9 nitrogen and oxygen atoms in total. The Kier molecular flexibility index (Phi) is 7.74. The molecule has 0 spiro atoms. The first-order chi connectivity index (χ1) is 16.1. The molecule has 0 bridgehead atoms. The predicted molar refractivity (Wildman–Crippen MR) is 125 cm³/mol. The third-order valence-electron chi connectivity index (χ3n) is 5.79. The van der Waals surface area contributed by atoms with Gasteiger partial charge in [-0.3, -0.25) is 10.0 Å².